The SMILES string of the molecule is CC1OCCCCO1. The van der Waals surface area contributed by atoms with E-state index in [-0.39, 0.29) is 6.29 Å². The molecular formula is C6H12O2. The molecule has 0 aliphatic carbocycles. The summed E-state index contributed by atoms with van der Waals surface area (Å²) in [7, 11) is 0. The van der Waals surface area contributed by atoms with E-state index >= 15 is 0 Å². The molecule has 0 aromatic carbocycles. The van der Waals surface area contributed by atoms with E-state index in [1.807, 2.05) is 6.92 Å². The highest BCUT2D eigenvalue weighted by molar-refractivity contribution is 4.44. The van der Waals surface area contributed by atoms with E-state index in [4.69, 9.17) is 9.47 Å². The number of rotatable bonds is 0. The molecule has 1 aliphatic heterocycles. The molecule has 0 unspecified atom stereocenters. The molecule has 0 saturated carbocycles. The second kappa shape index (κ2) is 3.05. The van der Waals surface area contributed by atoms with Crippen molar-refractivity contribution in [2.24, 2.45) is 0 Å². The van der Waals surface area contributed by atoms with Gasteiger partial charge in [-0.1, -0.05) is 0 Å². The average molecular weight is 116 g/mol. The minimum atomic E-state index is 0.0255. The van der Waals surface area contributed by atoms with Gasteiger partial charge >= 0.3 is 0 Å². The van der Waals surface area contributed by atoms with Gasteiger partial charge in [0.2, 0.25) is 0 Å². The highest BCUT2D eigenvalue weighted by Gasteiger charge is 2.04. The summed E-state index contributed by atoms with van der Waals surface area (Å²) in [5.74, 6) is 0. The number of hydrogen-bond acceptors (Lipinski definition) is 2. The first-order chi connectivity index (χ1) is 3.89. The Morgan fingerprint density at radius 2 is 1.62 bits per heavy atom. The van der Waals surface area contributed by atoms with E-state index in [0.717, 1.165) is 26.1 Å². The Balaban J connectivity index is 2.17. The molecule has 48 valence electrons. The van der Waals surface area contributed by atoms with Gasteiger partial charge in [-0.15, -0.1) is 0 Å². The fraction of sp³-hybridized carbons (Fsp3) is 1.00. The zero-order valence-corrected chi connectivity index (χ0v) is 5.22. The highest BCUT2D eigenvalue weighted by Crippen LogP contribution is 2.03. The molecule has 1 fully saturated rings. The lowest BCUT2D eigenvalue weighted by atomic mass is 10.3. The minimum Gasteiger partial charge on any atom is -0.353 e. The Kier molecular flexibility index (Phi) is 2.30. The van der Waals surface area contributed by atoms with Crippen molar-refractivity contribution in [1.29, 1.82) is 0 Å². The summed E-state index contributed by atoms with van der Waals surface area (Å²) in [6.45, 7) is 3.66. The van der Waals surface area contributed by atoms with Crippen molar-refractivity contribution in [3.8, 4) is 0 Å². The van der Waals surface area contributed by atoms with Gasteiger partial charge in [-0.2, -0.15) is 0 Å². The molecule has 0 spiro atoms. The van der Waals surface area contributed by atoms with Crippen LogP contribution in [0, 0.1) is 0 Å². The van der Waals surface area contributed by atoms with Crippen LogP contribution in [-0.4, -0.2) is 19.5 Å². The van der Waals surface area contributed by atoms with Gasteiger partial charge < -0.3 is 9.47 Å². The predicted octanol–water partition coefficient (Wildman–Crippen LogP) is 1.16. The van der Waals surface area contributed by atoms with Crippen molar-refractivity contribution in [3.63, 3.8) is 0 Å². The van der Waals surface area contributed by atoms with E-state index < -0.39 is 0 Å². The summed E-state index contributed by atoms with van der Waals surface area (Å²) in [4.78, 5) is 0. The second-order valence-corrected chi connectivity index (χ2v) is 2.02. The minimum absolute atomic E-state index is 0.0255. The molecule has 1 rings (SSSR count). The molecule has 0 amide bonds. The summed E-state index contributed by atoms with van der Waals surface area (Å²) in [6, 6.07) is 0. The first-order valence-corrected chi connectivity index (χ1v) is 3.13. The van der Waals surface area contributed by atoms with E-state index in [0.29, 0.717) is 0 Å². The highest BCUT2D eigenvalue weighted by atomic mass is 16.7. The summed E-state index contributed by atoms with van der Waals surface area (Å²) >= 11 is 0. The topological polar surface area (TPSA) is 18.5 Å². The first kappa shape index (κ1) is 6.05. The molecule has 0 atom stereocenters. The Bertz CT molecular complexity index is 55.5. The Morgan fingerprint density at radius 3 is 2.12 bits per heavy atom. The van der Waals surface area contributed by atoms with Crippen molar-refractivity contribution in [1.82, 2.24) is 0 Å². The molecule has 0 radical (unpaired) electrons. The zero-order chi connectivity index (χ0) is 5.82. The van der Waals surface area contributed by atoms with Crippen LogP contribution >= 0.6 is 0 Å². The fourth-order valence-electron chi connectivity index (χ4n) is 0.751. The van der Waals surface area contributed by atoms with Crippen molar-refractivity contribution < 1.29 is 9.47 Å². The smallest absolute Gasteiger partial charge is 0.154 e. The van der Waals surface area contributed by atoms with E-state index in [1.165, 1.54) is 0 Å². The predicted molar refractivity (Wildman–Crippen MR) is 30.6 cm³/mol. The van der Waals surface area contributed by atoms with Crippen molar-refractivity contribution in [3.05, 3.63) is 0 Å². The summed E-state index contributed by atoms with van der Waals surface area (Å²) in [5.41, 5.74) is 0. The van der Waals surface area contributed by atoms with Crippen molar-refractivity contribution >= 4 is 0 Å². The largest absolute Gasteiger partial charge is 0.353 e. The maximum atomic E-state index is 5.18. The molecular weight excluding hydrogens is 104 g/mol. The standard InChI is InChI=1S/C6H12O2/c1-6-7-4-2-3-5-8-6/h6H,2-5H2,1H3. The lowest BCUT2D eigenvalue weighted by molar-refractivity contribution is -0.112. The molecule has 1 saturated heterocycles. The summed E-state index contributed by atoms with van der Waals surface area (Å²) in [6.07, 6.45) is 2.31. The van der Waals surface area contributed by atoms with Gasteiger partial charge in [-0.25, -0.2) is 0 Å². The van der Waals surface area contributed by atoms with Crippen LogP contribution in [0.3, 0.4) is 0 Å². The average Bonchev–Trinajstić information content (AvgIpc) is 1.94. The molecule has 2 nitrogen and oxygen atoms in total. The molecule has 0 bridgehead atoms. The van der Waals surface area contributed by atoms with Crippen LogP contribution < -0.4 is 0 Å². The van der Waals surface area contributed by atoms with Gasteiger partial charge in [0.05, 0.1) is 0 Å². The maximum Gasteiger partial charge on any atom is 0.154 e. The Hall–Kier alpha value is -0.0800. The van der Waals surface area contributed by atoms with Crippen molar-refractivity contribution in [2.45, 2.75) is 26.1 Å². The van der Waals surface area contributed by atoms with Crippen LogP contribution in [0.2, 0.25) is 0 Å². The Morgan fingerprint density at radius 1 is 1.12 bits per heavy atom. The van der Waals surface area contributed by atoms with Gasteiger partial charge in [-0.3, -0.25) is 0 Å². The fourth-order valence-corrected chi connectivity index (χ4v) is 0.751. The van der Waals surface area contributed by atoms with Crippen LogP contribution in [0.25, 0.3) is 0 Å². The molecule has 0 aromatic rings. The molecule has 1 aliphatic rings. The third-order valence-electron chi connectivity index (χ3n) is 1.24. The molecule has 0 aromatic heterocycles. The van der Waals surface area contributed by atoms with E-state index in [1.54, 1.807) is 0 Å². The van der Waals surface area contributed by atoms with Gasteiger partial charge in [-0.05, 0) is 19.8 Å². The number of hydrogen-bond donors (Lipinski definition) is 0. The van der Waals surface area contributed by atoms with Gasteiger partial charge in [0.25, 0.3) is 0 Å². The third-order valence-corrected chi connectivity index (χ3v) is 1.24. The maximum absolute atomic E-state index is 5.18. The first-order valence-electron chi connectivity index (χ1n) is 3.13. The van der Waals surface area contributed by atoms with Crippen LogP contribution in [0.5, 0.6) is 0 Å². The molecule has 0 N–H and O–H groups in total. The lowest BCUT2D eigenvalue weighted by Gasteiger charge is -2.07. The third kappa shape index (κ3) is 1.80. The van der Waals surface area contributed by atoms with E-state index in [9.17, 15) is 0 Å². The van der Waals surface area contributed by atoms with Gasteiger partial charge in [0, 0.05) is 13.2 Å². The quantitative estimate of drug-likeness (QED) is 0.473. The molecule has 1 heterocycles. The van der Waals surface area contributed by atoms with Crippen LogP contribution in [-0.2, 0) is 9.47 Å². The normalized spacial score (nSPS) is 25.1. The second-order valence-electron chi connectivity index (χ2n) is 2.02. The summed E-state index contributed by atoms with van der Waals surface area (Å²) in [5, 5.41) is 0. The molecule has 2 heteroatoms. The summed E-state index contributed by atoms with van der Waals surface area (Å²) < 4.78 is 10.4. The molecule has 8 heavy (non-hydrogen) atoms. The van der Waals surface area contributed by atoms with Gasteiger partial charge in [0.1, 0.15) is 0 Å². The van der Waals surface area contributed by atoms with Crippen LogP contribution in [0.15, 0.2) is 0 Å². The lowest BCUT2D eigenvalue weighted by Crippen LogP contribution is -2.09. The van der Waals surface area contributed by atoms with Crippen molar-refractivity contribution in [2.75, 3.05) is 13.2 Å². The van der Waals surface area contributed by atoms with Gasteiger partial charge in [0.15, 0.2) is 6.29 Å². The van der Waals surface area contributed by atoms with Crippen LogP contribution in [0.1, 0.15) is 19.8 Å². The van der Waals surface area contributed by atoms with E-state index in [2.05, 4.69) is 0 Å². The number of ether oxygens (including phenoxy) is 2. The monoisotopic (exact) mass is 116 g/mol. The Labute approximate surface area is 49.8 Å². The van der Waals surface area contributed by atoms with Crippen LogP contribution in [0.4, 0.5) is 0 Å². The zero-order valence-electron chi connectivity index (χ0n) is 5.22.